The Morgan fingerprint density at radius 1 is 1.24 bits per heavy atom. The second-order valence-electron chi connectivity index (χ2n) is 7.89. The van der Waals surface area contributed by atoms with Crippen molar-refractivity contribution in [2.75, 3.05) is 24.6 Å². The van der Waals surface area contributed by atoms with E-state index in [-0.39, 0.29) is 17.0 Å². The number of hydrogen-bond acceptors (Lipinski definition) is 7. The minimum absolute atomic E-state index is 0.0114. The highest BCUT2D eigenvalue weighted by molar-refractivity contribution is 5.88. The van der Waals surface area contributed by atoms with Gasteiger partial charge >= 0.3 is 6.18 Å². The van der Waals surface area contributed by atoms with Crippen LogP contribution in [0, 0.1) is 11.3 Å². The SMILES string of the molecule is CCO[C@H]1CN(c2cc(=O)n(C)c3ccc(C#N)nc23)CC[C@@H]1Oc1cncc(C(F)(F)F)c1. The van der Waals surface area contributed by atoms with Gasteiger partial charge in [-0.15, -0.1) is 0 Å². The maximum absolute atomic E-state index is 13.0. The van der Waals surface area contributed by atoms with Crippen LogP contribution >= 0.6 is 0 Å². The zero-order valence-electron chi connectivity index (χ0n) is 18.5. The number of rotatable bonds is 5. The molecule has 4 heterocycles. The summed E-state index contributed by atoms with van der Waals surface area (Å²) >= 11 is 0. The van der Waals surface area contributed by atoms with Crippen molar-refractivity contribution in [3.8, 4) is 11.8 Å². The Morgan fingerprint density at radius 3 is 2.74 bits per heavy atom. The molecule has 178 valence electrons. The van der Waals surface area contributed by atoms with Crippen molar-refractivity contribution in [3.63, 3.8) is 0 Å². The highest BCUT2D eigenvalue weighted by Crippen LogP contribution is 2.32. The van der Waals surface area contributed by atoms with Crippen LogP contribution in [0.3, 0.4) is 0 Å². The zero-order valence-corrected chi connectivity index (χ0v) is 18.5. The maximum Gasteiger partial charge on any atom is 0.418 e. The lowest BCUT2D eigenvalue weighted by molar-refractivity contribution is -0.138. The molecule has 1 aliphatic heterocycles. The molecular weight excluding hydrogens is 451 g/mol. The number of aromatic nitrogens is 3. The summed E-state index contributed by atoms with van der Waals surface area (Å²) < 4.78 is 52.3. The first kappa shape index (κ1) is 23.5. The Morgan fingerprint density at radius 2 is 2.03 bits per heavy atom. The molecule has 3 aromatic heterocycles. The lowest BCUT2D eigenvalue weighted by atomic mass is 10.0. The molecule has 0 aromatic carbocycles. The minimum atomic E-state index is -4.52. The lowest BCUT2D eigenvalue weighted by Gasteiger charge is -2.39. The molecule has 1 fully saturated rings. The number of aryl methyl sites for hydroxylation is 1. The van der Waals surface area contributed by atoms with Crippen molar-refractivity contribution in [2.45, 2.75) is 31.7 Å². The number of nitriles is 1. The standard InChI is InChI=1S/C23H22F3N5O3/c1-3-33-20-13-31(7-6-19(20)34-16-8-14(11-28-12-16)23(24,25)26)18-9-21(32)30(2)17-5-4-15(10-27)29-22(17)18/h4-5,8-9,11-12,19-20H,3,6-7,13H2,1-2H3/t19-,20-/m0/s1. The number of halogens is 3. The van der Waals surface area contributed by atoms with E-state index in [1.165, 1.54) is 16.8 Å². The lowest BCUT2D eigenvalue weighted by Crippen LogP contribution is -2.50. The molecule has 0 N–H and O–H groups in total. The predicted molar refractivity (Wildman–Crippen MR) is 118 cm³/mol. The molecule has 0 saturated carbocycles. The van der Waals surface area contributed by atoms with E-state index in [9.17, 15) is 23.2 Å². The van der Waals surface area contributed by atoms with E-state index in [1.54, 1.807) is 19.2 Å². The van der Waals surface area contributed by atoms with Gasteiger partial charge in [0.15, 0.2) is 0 Å². The Bertz CT molecular complexity index is 1300. The fourth-order valence-electron chi connectivity index (χ4n) is 4.05. The second-order valence-corrected chi connectivity index (χ2v) is 7.89. The summed E-state index contributed by atoms with van der Waals surface area (Å²) in [6.45, 7) is 2.95. The number of fused-ring (bicyclic) bond motifs is 1. The molecule has 11 heteroatoms. The maximum atomic E-state index is 13.0. The summed E-state index contributed by atoms with van der Waals surface area (Å²) in [4.78, 5) is 22.6. The van der Waals surface area contributed by atoms with Crippen LogP contribution in [0.4, 0.5) is 18.9 Å². The Kier molecular flexibility index (Phi) is 6.43. The van der Waals surface area contributed by atoms with Gasteiger partial charge in [-0.1, -0.05) is 0 Å². The molecule has 1 saturated heterocycles. The van der Waals surface area contributed by atoms with Crippen LogP contribution < -0.4 is 15.2 Å². The average Bonchev–Trinajstić information content (AvgIpc) is 2.82. The quantitative estimate of drug-likeness (QED) is 0.561. The summed E-state index contributed by atoms with van der Waals surface area (Å²) in [7, 11) is 1.63. The minimum Gasteiger partial charge on any atom is -0.486 e. The molecule has 0 bridgehead atoms. The van der Waals surface area contributed by atoms with Gasteiger partial charge in [0.2, 0.25) is 0 Å². The highest BCUT2D eigenvalue weighted by Gasteiger charge is 2.34. The number of nitrogens with zero attached hydrogens (tertiary/aromatic N) is 5. The number of anilines is 1. The van der Waals surface area contributed by atoms with Crippen LogP contribution in [-0.2, 0) is 18.0 Å². The van der Waals surface area contributed by atoms with Crippen LogP contribution in [0.15, 0.2) is 41.5 Å². The van der Waals surface area contributed by atoms with Crippen LogP contribution in [0.5, 0.6) is 5.75 Å². The van der Waals surface area contributed by atoms with E-state index in [0.717, 1.165) is 12.3 Å². The first-order valence-corrected chi connectivity index (χ1v) is 10.7. The van der Waals surface area contributed by atoms with Crippen molar-refractivity contribution in [3.05, 3.63) is 58.3 Å². The molecule has 3 aromatic rings. The molecule has 0 radical (unpaired) electrons. The van der Waals surface area contributed by atoms with E-state index in [0.29, 0.717) is 42.8 Å². The van der Waals surface area contributed by atoms with Gasteiger partial charge in [0.25, 0.3) is 5.56 Å². The third kappa shape index (κ3) is 4.68. The Balaban J connectivity index is 1.63. The normalized spacial score (nSPS) is 18.6. The third-order valence-electron chi connectivity index (χ3n) is 5.73. The Hall–Kier alpha value is -3.65. The number of hydrogen-bond donors (Lipinski definition) is 0. The summed E-state index contributed by atoms with van der Waals surface area (Å²) in [5.41, 5.74) is 0.778. The molecule has 34 heavy (non-hydrogen) atoms. The average molecular weight is 473 g/mol. The second kappa shape index (κ2) is 9.30. The molecule has 0 unspecified atom stereocenters. The van der Waals surface area contributed by atoms with Crippen LogP contribution in [0.25, 0.3) is 11.0 Å². The summed E-state index contributed by atoms with van der Waals surface area (Å²) in [6, 6.07) is 7.64. The highest BCUT2D eigenvalue weighted by atomic mass is 19.4. The van der Waals surface area contributed by atoms with Crippen molar-refractivity contribution in [1.29, 1.82) is 5.26 Å². The van der Waals surface area contributed by atoms with E-state index < -0.39 is 23.9 Å². The van der Waals surface area contributed by atoms with Crippen molar-refractivity contribution in [2.24, 2.45) is 7.05 Å². The van der Waals surface area contributed by atoms with Gasteiger partial charge in [-0.2, -0.15) is 18.4 Å². The van der Waals surface area contributed by atoms with Gasteiger partial charge in [-0.3, -0.25) is 9.78 Å². The topological polar surface area (TPSA) is 93.3 Å². The molecule has 2 atom stereocenters. The van der Waals surface area contributed by atoms with E-state index in [4.69, 9.17) is 9.47 Å². The predicted octanol–water partition coefficient (Wildman–Crippen LogP) is 3.28. The van der Waals surface area contributed by atoms with Gasteiger partial charge in [0.1, 0.15) is 35.2 Å². The van der Waals surface area contributed by atoms with E-state index >= 15 is 0 Å². The Labute approximate surface area is 193 Å². The molecule has 1 aliphatic rings. The molecular formula is C23H22F3N5O3. The number of pyridine rings is 3. The van der Waals surface area contributed by atoms with E-state index in [1.807, 2.05) is 17.9 Å². The van der Waals surface area contributed by atoms with Gasteiger partial charge in [-0.25, -0.2) is 4.98 Å². The van der Waals surface area contributed by atoms with Gasteiger partial charge < -0.3 is 18.9 Å². The first-order chi connectivity index (χ1) is 16.2. The first-order valence-electron chi connectivity index (χ1n) is 10.7. The van der Waals surface area contributed by atoms with Crippen LogP contribution in [0.2, 0.25) is 0 Å². The third-order valence-corrected chi connectivity index (χ3v) is 5.73. The number of alkyl halides is 3. The zero-order chi connectivity index (χ0) is 24.5. The molecule has 4 rings (SSSR count). The summed E-state index contributed by atoms with van der Waals surface area (Å²) in [6.07, 6.45) is -3.10. The molecule has 0 spiro atoms. The van der Waals surface area contributed by atoms with Crippen molar-refractivity contribution in [1.82, 2.24) is 14.5 Å². The van der Waals surface area contributed by atoms with Gasteiger partial charge in [0, 0.05) is 45.4 Å². The van der Waals surface area contributed by atoms with Crippen LogP contribution in [0.1, 0.15) is 24.6 Å². The van der Waals surface area contributed by atoms with Crippen LogP contribution in [-0.4, -0.2) is 46.4 Å². The molecule has 8 nitrogen and oxygen atoms in total. The summed E-state index contributed by atoms with van der Waals surface area (Å²) in [5.74, 6) is 0.0114. The number of ether oxygens (including phenoxy) is 2. The summed E-state index contributed by atoms with van der Waals surface area (Å²) in [5, 5.41) is 9.27. The fourth-order valence-corrected chi connectivity index (χ4v) is 4.05. The monoisotopic (exact) mass is 473 g/mol. The largest absolute Gasteiger partial charge is 0.486 e. The molecule has 0 amide bonds. The van der Waals surface area contributed by atoms with Gasteiger partial charge in [0.05, 0.1) is 23.0 Å². The smallest absolute Gasteiger partial charge is 0.418 e. The number of piperidine rings is 1. The fraction of sp³-hybridized carbons (Fsp3) is 0.391. The molecule has 0 aliphatic carbocycles. The van der Waals surface area contributed by atoms with E-state index in [2.05, 4.69) is 9.97 Å². The van der Waals surface area contributed by atoms with Gasteiger partial charge in [-0.05, 0) is 25.1 Å². The van der Waals surface area contributed by atoms with Crippen molar-refractivity contribution >= 4 is 16.7 Å². The van der Waals surface area contributed by atoms with Crippen molar-refractivity contribution < 1.29 is 22.6 Å².